The summed E-state index contributed by atoms with van der Waals surface area (Å²) in [5.74, 6) is 0.493. The van der Waals surface area contributed by atoms with E-state index in [0.717, 1.165) is 17.0 Å². The minimum atomic E-state index is -4.61. The first kappa shape index (κ1) is 18.7. The van der Waals surface area contributed by atoms with Crippen LogP contribution in [-0.2, 0) is 12.8 Å². The molecule has 0 aliphatic carbocycles. The molecule has 0 spiro atoms. The Morgan fingerprint density at radius 2 is 2.10 bits per heavy atom. The fraction of sp³-hybridized carbons (Fsp3) is 0.111. The fourth-order valence-electron chi connectivity index (χ4n) is 2.56. The molecule has 3 aromatic heterocycles. The SMILES string of the molecule is N#Cc1[nH]nnc1-c1cc(OCc2cc(-c3cccs3)on2)cc(C(F)(F)F)c1. The molecule has 1 N–H and O–H groups in total. The average Bonchev–Trinajstić information content (AvgIpc) is 3.46. The van der Waals surface area contributed by atoms with Crippen molar-refractivity contribution in [2.24, 2.45) is 0 Å². The molecule has 0 amide bonds. The van der Waals surface area contributed by atoms with E-state index in [1.54, 1.807) is 12.1 Å². The van der Waals surface area contributed by atoms with Gasteiger partial charge in [0.25, 0.3) is 0 Å². The maximum atomic E-state index is 13.3. The second-order valence-corrected chi connectivity index (χ2v) is 6.79. The molecule has 0 saturated heterocycles. The molecule has 3 heterocycles. The summed E-state index contributed by atoms with van der Waals surface area (Å²) in [4.78, 5) is 0.875. The van der Waals surface area contributed by atoms with Crippen LogP contribution in [0.15, 0.2) is 46.3 Å². The Morgan fingerprint density at radius 1 is 1.24 bits per heavy atom. The van der Waals surface area contributed by atoms with Crippen LogP contribution in [0, 0.1) is 11.3 Å². The summed E-state index contributed by atoms with van der Waals surface area (Å²) in [5.41, 5.74) is -0.500. The molecule has 0 unspecified atom stereocenters. The molecule has 0 radical (unpaired) electrons. The predicted molar refractivity (Wildman–Crippen MR) is 95.7 cm³/mol. The third-order valence-electron chi connectivity index (χ3n) is 3.88. The number of alkyl halides is 3. The number of nitrogens with one attached hydrogen (secondary N) is 1. The quantitative estimate of drug-likeness (QED) is 0.507. The van der Waals surface area contributed by atoms with Crippen LogP contribution < -0.4 is 4.74 Å². The largest absolute Gasteiger partial charge is 0.487 e. The highest BCUT2D eigenvalue weighted by Gasteiger charge is 2.32. The topological polar surface area (TPSA) is 101 Å². The van der Waals surface area contributed by atoms with Gasteiger partial charge in [0.2, 0.25) is 0 Å². The number of aromatic amines is 1. The van der Waals surface area contributed by atoms with Crippen molar-refractivity contribution in [3.8, 4) is 33.7 Å². The minimum Gasteiger partial charge on any atom is -0.487 e. The number of nitrogens with zero attached hydrogens (tertiary/aromatic N) is 4. The van der Waals surface area contributed by atoms with Crippen LogP contribution in [0.5, 0.6) is 5.75 Å². The number of halogens is 3. The second-order valence-electron chi connectivity index (χ2n) is 5.84. The van der Waals surface area contributed by atoms with E-state index in [0.29, 0.717) is 11.5 Å². The van der Waals surface area contributed by atoms with Gasteiger partial charge in [-0.05, 0) is 29.6 Å². The van der Waals surface area contributed by atoms with Gasteiger partial charge in [-0.1, -0.05) is 16.4 Å². The fourth-order valence-corrected chi connectivity index (χ4v) is 3.24. The lowest BCUT2D eigenvalue weighted by molar-refractivity contribution is -0.137. The summed E-state index contributed by atoms with van der Waals surface area (Å²) < 4.78 is 50.7. The number of ether oxygens (including phenoxy) is 1. The highest BCUT2D eigenvalue weighted by molar-refractivity contribution is 7.13. The average molecular weight is 417 g/mol. The minimum absolute atomic E-state index is 0.00451. The van der Waals surface area contributed by atoms with Crippen LogP contribution in [0.4, 0.5) is 13.2 Å². The first-order valence-corrected chi connectivity index (χ1v) is 8.98. The number of nitriles is 1. The molecule has 0 atom stereocenters. The maximum absolute atomic E-state index is 13.3. The van der Waals surface area contributed by atoms with Crippen LogP contribution >= 0.6 is 11.3 Å². The number of benzene rings is 1. The third kappa shape index (κ3) is 3.97. The summed E-state index contributed by atoms with van der Waals surface area (Å²) in [5, 5.41) is 24.3. The lowest BCUT2D eigenvalue weighted by Crippen LogP contribution is -2.06. The molecule has 4 rings (SSSR count). The summed E-state index contributed by atoms with van der Waals surface area (Å²) in [7, 11) is 0. The Balaban J connectivity index is 1.61. The van der Waals surface area contributed by atoms with Gasteiger partial charge in [0.1, 0.15) is 29.8 Å². The summed E-state index contributed by atoms with van der Waals surface area (Å²) in [6.45, 7) is -0.0977. The number of thiophene rings is 1. The summed E-state index contributed by atoms with van der Waals surface area (Å²) in [6.07, 6.45) is -4.61. The van der Waals surface area contributed by atoms with Crippen LogP contribution in [0.25, 0.3) is 21.9 Å². The molecule has 0 aliphatic heterocycles. The summed E-state index contributed by atoms with van der Waals surface area (Å²) >= 11 is 1.47. The van der Waals surface area contributed by atoms with E-state index >= 15 is 0 Å². The molecule has 0 bridgehead atoms. The maximum Gasteiger partial charge on any atom is 0.416 e. The Labute approximate surface area is 165 Å². The van der Waals surface area contributed by atoms with Crippen molar-refractivity contribution in [1.29, 1.82) is 5.26 Å². The van der Waals surface area contributed by atoms with Gasteiger partial charge in [0.15, 0.2) is 11.5 Å². The third-order valence-corrected chi connectivity index (χ3v) is 4.76. The lowest BCUT2D eigenvalue weighted by atomic mass is 10.1. The molecule has 4 aromatic rings. The Bertz CT molecular complexity index is 1180. The number of hydrogen-bond donors (Lipinski definition) is 1. The van der Waals surface area contributed by atoms with Crippen molar-refractivity contribution in [2.45, 2.75) is 12.8 Å². The van der Waals surface area contributed by atoms with E-state index in [9.17, 15) is 13.2 Å². The number of aromatic nitrogens is 4. The lowest BCUT2D eigenvalue weighted by Gasteiger charge is -2.12. The number of H-pyrrole nitrogens is 1. The monoisotopic (exact) mass is 417 g/mol. The van der Waals surface area contributed by atoms with E-state index < -0.39 is 11.7 Å². The van der Waals surface area contributed by atoms with Gasteiger partial charge < -0.3 is 9.26 Å². The normalized spacial score (nSPS) is 11.4. The first-order chi connectivity index (χ1) is 13.9. The van der Waals surface area contributed by atoms with Crippen molar-refractivity contribution >= 4 is 11.3 Å². The Morgan fingerprint density at radius 3 is 2.83 bits per heavy atom. The molecule has 0 aliphatic rings. The van der Waals surface area contributed by atoms with Crippen LogP contribution in [0.1, 0.15) is 17.0 Å². The molecule has 0 saturated carbocycles. The standard InChI is InChI=1S/C18H10F3N5O2S/c19-18(20,21)11-4-10(17-14(8-22)23-26-24-17)5-13(6-11)27-9-12-7-15(28-25-12)16-2-1-3-29-16/h1-7H,9H2,(H,23,24,26). The van der Waals surface area contributed by atoms with E-state index in [1.807, 2.05) is 17.5 Å². The molecule has 29 heavy (non-hydrogen) atoms. The van der Waals surface area contributed by atoms with Crippen molar-refractivity contribution in [1.82, 2.24) is 20.6 Å². The second kappa shape index (κ2) is 7.40. The first-order valence-electron chi connectivity index (χ1n) is 8.10. The van der Waals surface area contributed by atoms with Gasteiger partial charge in [0.05, 0.1) is 10.4 Å². The smallest absolute Gasteiger partial charge is 0.416 e. The molecular weight excluding hydrogens is 407 g/mol. The predicted octanol–water partition coefficient (Wildman–Crippen LogP) is 4.66. The van der Waals surface area contributed by atoms with E-state index in [1.165, 1.54) is 17.4 Å². The van der Waals surface area contributed by atoms with Crippen molar-refractivity contribution in [2.75, 3.05) is 0 Å². The highest BCUT2D eigenvalue weighted by atomic mass is 32.1. The molecular formula is C18H10F3N5O2S. The zero-order chi connectivity index (χ0) is 20.4. The Kier molecular flexibility index (Phi) is 4.77. The van der Waals surface area contributed by atoms with E-state index in [2.05, 4.69) is 20.6 Å². The van der Waals surface area contributed by atoms with Gasteiger partial charge in [-0.15, -0.1) is 16.4 Å². The van der Waals surface area contributed by atoms with Gasteiger partial charge in [-0.2, -0.15) is 18.4 Å². The van der Waals surface area contributed by atoms with E-state index in [-0.39, 0.29) is 29.3 Å². The molecule has 146 valence electrons. The van der Waals surface area contributed by atoms with Gasteiger partial charge in [0, 0.05) is 11.6 Å². The van der Waals surface area contributed by atoms with Gasteiger partial charge >= 0.3 is 6.18 Å². The van der Waals surface area contributed by atoms with Crippen LogP contribution in [0.2, 0.25) is 0 Å². The highest BCUT2D eigenvalue weighted by Crippen LogP contribution is 2.36. The van der Waals surface area contributed by atoms with Crippen molar-refractivity contribution < 1.29 is 22.4 Å². The zero-order valence-electron chi connectivity index (χ0n) is 14.4. The number of hydrogen-bond acceptors (Lipinski definition) is 7. The molecule has 0 fully saturated rings. The van der Waals surface area contributed by atoms with Crippen LogP contribution in [0.3, 0.4) is 0 Å². The van der Waals surface area contributed by atoms with Crippen LogP contribution in [-0.4, -0.2) is 20.6 Å². The van der Waals surface area contributed by atoms with E-state index in [4.69, 9.17) is 14.5 Å². The van der Waals surface area contributed by atoms with Gasteiger partial charge in [-0.3, -0.25) is 0 Å². The molecule has 1 aromatic carbocycles. The summed E-state index contributed by atoms with van der Waals surface area (Å²) in [6, 6.07) is 10.3. The van der Waals surface area contributed by atoms with Gasteiger partial charge in [-0.25, -0.2) is 5.10 Å². The molecule has 7 nitrogen and oxygen atoms in total. The molecule has 11 heteroatoms. The van der Waals surface area contributed by atoms with Crippen molar-refractivity contribution in [3.05, 3.63) is 58.7 Å². The van der Waals surface area contributed by atoms with Crippen molar-refractivity contribution in [3.63, 3.8) is 0 Å². The Hall–Kier alpha value is -3.65. The number of rotatable bonds is 5. The zero-order valence-corrected chi connectivity index (χ0v) is 15.2.